The highest BCUT2D eigenvalue weighted by Gasteiger charge is 2.26. The summed E-state index contributed by atoms with van der Waals surface area (Å²) in [6.45, 7) is 5.88. The molecule has 2 N–H and O–H groups in total. The van der Waals surface area contributed by atoms with E-state index >= 15 is 0 Å². The predicted octanol–water partition coefficient (Wildman–Crippen LogP) is 2.60. The fraction of sp³-hybridized carbons (Fsp3) is 0.250. The summed E-state index contributed by atoms with van der Waals surface area (Å²) in [5, 5.41) is 20.0. The number of nitrogens with zero attached hydrogens (tertiary/aromatic N) is 2. The summed E-state index contributed by atoms with van der Waals surface area (Å²) in [5.74, 6) is 0.798. The number of aromatic nitrogens is 1. The average Bonchev–Trinajstić information content (AvgIpc) is 2.92. The first-order chi connectivity index (χ1) is 10.7. The van der Waals surface area contributed by atoms with E-state index in [1.165, 1.54) is 6.92 Å². The number of benzene rings is 1. The normalized spacial score (nSPS) is 11.1. The third-order valence-corrected chi connectivity index (χ3v) is 2.74. The summed E-state index contributed by atoms with van der Waals surface area (Å²) in [7, 11) is -0.783. The van der Waals surface area contributed by atoms with Crippen molar-refractivity contribution < 1.29 is 9.68 Å². The molecule has 0 atom stereocenters. The summed E-state index contributed by atoms with van der Waals surface area (Å²) in [4.78, 5) is 4.19. The van der Waals surface area contributed by atoms with Crippen LogP contribution in [0, 0.1) is 11.3 Å². The number of pyridine rings is 1. The molecule has 1 aliphatic heterocycles. The van der Waals surface area contributed by atoms with E-state index in [1.807, 2.05) is 50.2 Å². The standard InChI is InChI=1S/C12H11BN2O2.C2H3N.C2H6/c16-13-11-5-4-10(7-9(11)8-17-13)15-12-3-1-2-6-14-12;1-2-3;1-2/h1-7,16H,8H2,(H,14,15);1H3;1-2H3. The van der Waals surface area contributed by atoms with Gasteiger partial charge in [0.25, 0.3) is 0 Å². The number of rotatable bonds is 2. The predicted molar refractivity (Wildman–Crippen MR) is 89.0 cm³/mol. The number of hydrogen-bond acceptors (Lipinski definition) is 5. The zero-order valence-electron chi connectivity index (χ0n) is 13.1. The highest BCUT2D eigenvalue weighted by Crippen LogP contribution is 2.18. The molecule has 2 heterocycles. The monoisotopic (exact) mass is 297 g/mol. The number of nitriles is 1. The molecule has 5 nitrogen and oxygen atoms in total. The molecule has 0 amide bonds. The summed E-state index contributed by atoms with van der Waals surface area (Å²) in [5.41, 5.74) is 2.80. The Balaban J connectivity index is 0.000000435. The molecule has 22 heavy (non-hydrogen) atoms. The van der Waals surface area contributed by atoms with E-state index in [0.717, 1.165) is 22.5 Å². The third kappa shape index (κ3) is 4.88. The minimum absolute atomic E-state index is 0.453. The van der Waals surface area contributed by atoms with Crippen molar-refractivity contribution in [2.75, 3.05) is 5.32 Å². The van der Waals surface area contributed by atoms with Crippen molar-refractivity contribution in [3.05, 3.63) is 48.2 Å². The molecule has 0 radical (unpaired) electrons. The molecule has 0 fully saturated rings. The molecule has 1 aromatic carbocycles. The van der Waals surface area contributed by atoms with Gasteiger partial charge in [0.1, 0.15) is 5.82 Å². The minimum atomic E-state index is -0.783. The minimum Gasteiger partial charge on any atom is -0.423 e. The molecular formula is C16H20BN3O2. The first kappa shape index (κ1) is 17.7. The van der Waals surface area contributed by atoms with Gasteiger partial charge in [-0.25, -0.2) is 4.98 Å². The molecule has 114 valence electrons. The second-order valence-electron chi connectivity index (χ2n) is 4.14. The van der Waals surface area contributed by atoms with Crippen LogP contribution in [-0.4, -0.2) is 17.1 Å². The van der Waals surface area contributed by atoms with E-state index < -0.39 is 7.12 Å². The van der Waals surface area contributed by atoms with Crippen molar-refractivity contribution in [3.63, 3.8) is 0 Å². The van der Waals surface area contributed by atoms with Gasteiger partial charge in [0.05, 0.1) is 12.7 Å². The highest BCUT2D eigenvalue weighted by molar-refractivity contribution is 6.61. The SMILES string of the molecule is CC.CC#N.OB1OCc2cc(Nc3ccccn3)ccc21. The second kappa shape index (κ2) is 9.56. The van der Waals surface area contributed by atoms with Crippen molar-refractivity contribution in [1.82, 2.24) is 4.98 Å². The summed E-state index contributed by atoms with van der Waals surface area (Å²) in [6, 6.07) is 13.2. The molecular weight excluding hydrogens is 277 g/mol. The van der Waals surface area contributed by atoms with Crippen LogP contribution in [0.3, 0.4) is 0 Å². The lowest BCUT2D eigenvalue weighted by atomic mass is 9.79. The van der Waals surface area contributed by atoms with Crippen LogP contribution in [0.25, 0.3) is 0 Å². The third-order valence-electron chi connectivity index (χ3n) is 2.74. The lowest BCUT2D eigenvalue weighted by Crippen LogP contribution is -2.27. The van der Waals surface area contributed by atoms with E-state index in [-0.39, 0.29) is 0 Å². The van der Waals surface area contributed by atoms with Crippen LogP contribution in [0.5, 0.6) is 0 Å². The first-order valence-electron chi connectivity index (χ1n) is 7.16. The number of fused-ring (bicyclic) bond motifs is 1. The number of anilines is 2. The molecule has 2 aromatic rings. The Morgan fingerprint density at radius 1 is 1.32 bits per heavy atom. The van der Waals surface area contributed by atoms with Gasteiger partial charge in [-0.15, -0.1) is 0 Å². The molecule has 1 aliphatic rings. The summed E-state index contributed by atoms with van der Waals surface area (Å²) in [6.07, 6.45) is 1.74. The zero-order valence-corrected chi connectivity index (χ0v) is 13.1. The topological polar surface area (TPSA) is 78.2 Å². The van der Waals surface area contributed by atoms with Gasteiger partial charge in [0.15, 0.2) is 0 Å². The lowest BCUT2D eigenvalue weighted by Gasteiger charge is -2.06. The van der Waals surface area contributed by atoms with Gasteiger partial charge in [-0.1, -0.05) is 26.0 Å². The van der Waals surface area contributed by atoms with Crippen LogP contribution in [0.2, 0.25) is 0 Å². The Labute approximate surface area is 131 Å². The summed E-state index contributed by atoms with van der Waals surface area (Å²) >= 11 is 0. The van der Waals surface area contributed by atoms with E-state index in [2.05, 4.69) is 10.3 Å². The first-order valence-corrected chi connectivity index (χ1v) is 7.16. The lowest BCUT2D eigenvalue weighted by molar-refractivity contribution is 0.275. The summed E-state index contributed by atoms with van der Waals surface area (Å²) < 4.78 is 5.14. The van der Waals surface area contributed by atoms with Crippen molar-refractivity contribution in [3.8, 4) is 6.07 Å². The van der Waals surface area contributed by atoms with Gasteiger partial charge in [-0.2, -0.15) is 5.26 Å². The van der Waals surface area contributed by atoms with E-state index in [4.69, 9.17) is 9.92 Å². The largest absolute Gasteiger partial charge is 0.491 e. The fourth-order valence-electron chi connectivity index (χ4n) is 1.89. The van der Waals surface area contributed by atoms with Crippen molar-refractivity contribution >= 4 is 24.1 Å². The molecule has 0 saturated heterocycles. The van der Waals surface area contributed by atoms with E-state index in [1.54, 1.807) is 12.3 Å². The van der Waals surface area contributed by atoms with Crippen LogP contribution in [0.15, 0.2) is 42.6 Å². The van der Waals surface area contributed by atoms with Crippen LogP contribution in [0.1, 0.15) is 26.3 Å². The van der Waals surface area contributed by atoms with Crippen LogP contribution >= 0.6 is 0 Å². The average molecular weight is 297 g/mol. The van der Waals surface area contributed by atoms with Crippen molar-refractivity contribution in [2.24, 2.45) is 0 Å². The van der Waals surface area contributed by atoms with E-state index in [0.29, 0.717) is 6.61 Å². The molecule has 6 heteroatoms. The number of nitrogens with one attached hydrogen (secondary N) is 1. The van der Waals surface area contributed by atoms with Crippen LogP contribution < -0.4 is 10.8 Å². The van der Waals surface area contributed by atoms with Gasteiger partial charge in [-0.05, 0) is 35.3 Å². The van der Waals surface area contributed by atoms with Gasteiger partial charge in [0, 0.05) is 18.8 Å². The van der Waals surface area contributed by atoms with Crippen LogP contribution in [0.4, 0.5) is 11.5 Å². The molecule has 0 aliphatic carbocycles. The highest BCUT2D eigenvalue weighted by atomic mass is 16.5. The molecule has 0 bridgehead atoms. The maximum Gasteiger partial charge on any atom is 0.491 e. The van der Waals surface area contributed by atoms with E-state index in [9.17, 15) is 5.02 Å². The van der Waals surface area contributed by atoms with Crippen LogP contribution in [-0.2, 0) is 11.3 Å². The Kier molecular flexibility index (Phi) is 7.69. The molecule has 0 unspecified atom stereocenters. The molecule has 0 spiro atoms. The van der Waals surface area contributed by atoms with Crippen molar-refractivity contribution in [1.29, 1.82) is 5.26 Å². The Morgan fingerprint density at radius 3 is 2.68 bits per heavy atom. The number of hydrogen-bond donors (Lipinski definition) is 2. The van der Waals surface area contributed by atoms with Gasteiger partial charge in [0.2, 0.25) is 0 Å². The van der Waals surface area contributed by atoms with Gasteiger partial charge in [-0.3, -0.25) is 0 Å². The zero-order chi connectivity index (χ0) is 16.4. The molecule has 0 saturated carbocycles. The van der Waals surface area contributed by atoms with Crippen molar-refractivity contribution in [2.45, 2.75) is 27.4 Å². The Morgan fingerprint density at radius 2 is 2.05 bits per heavy atom. The maximum atomic E-state index is 9.51. The molecule has 1 aromatic heterocycles. The quantitative estimate of drug-likeness (QED) is 0.833. The van der Waals surface area contributed by atoms with Gasteiger partial charge < -0.3 is 15.0 Å². The second-order valence-corrected chi connectivity index (χ2v) is 4.14. The maximum absolute atomic E-state index is 9.51. The fourth-order valence-corrected chi connectivity index (χ4v) is 1.89. The smallest absolute Gasteiger partial charge is 0.423 e. The Hall–Kier alpha value is -2.36. The Bertz CT molecular complexity index is 615. The van der Waals surface area contributed by atoms with Gasteiger partial charge >= 0.3 is 7.12 Å². The molecule has 3 rings (SSSR count).